The molecule has 358 valence electrons. The van der Waals surface area contributed by atoms with Crippen molar-refractivity contribution < 1.29 is 42.7 Å². The van der Waals surface area contributed by atoms with Crippen LogP contribution in [-0.4, -0.2) is 109 Å². The van der Waals surface area contributed by atoms with E-state index in [0.29, 0.717) is 105 Å². The smallest absolute Gasteiger partial charge is 0.260 e. The van der Waals surface area contributed by atoms with Crippen LogP contribution < -0.4 is 44.3 Å². The summed E-state index contributed by atoms with van der Waals surface area (Å²) in [6, 6.07) is 29.7. The fraction of sp³-hybridized carbons (Fsp3) is 0.396. The minimum absolute atomic E-state index is 0.00347. The summed E-state index contributed by atoms with van der Waals surface area (Å²) in [7, 11) is 4.82. The number of anilines is 5. The third-order valence-electron chi connectivity index (χ3n) is 12.8. The van der Waals surface area contributed by atoms with Gasteiger partial charge in [0.15, 0.2) is 23.0 Å². The molecule has 9 rings (SSSR count). The number of nitrogens with one attached hydrogen (secondary N) is 2. The topological polar surface area (TPSA) is 133 Å². The standard InChI is InChI=1S/C53H61N5O9S/c1-53(2,68)33-56(14-15-64-18-19-65-17-16-61-3)38-21-34(31-66-49-27-43-41(25-47(49)62-4)51(59)57-39(29-54-43)23-36-10-6-8-12-45(36)57)20-35(22-38)32-67-50-28-44-42(26-48(50)63-5)52(60)58-40(30-55-44)24-37-11-7-9-13-46(37)58/h6-13,20-22,25-28,39-40,54-55,68H,14-19,23-24,29-33H2,1-5H3/t39-,40-/m0/s1. The quantitative estimate of drug-likeness (QED) is 0.0516. The second kappa shape index (κ2) is 20.6. The third kappa shape index (κ3) is 10.2. The van der Waals surface area contributed by atoms with Crippen LogP contribution in [0.2, 0.25) is 0 Å². The predicted octanol–water partition coefficient (Wildman–Crippen LogP) is 8.05. The zero-order valence-electron chi connectivity index (χ0n) is 39.5. The van der Waals surface area contributed by atoms with Crippen molar-refractivity contribution in [1.29, 1.82) is 0 Å². The Morgan fingerprint density at radius 1 is 0.632 bits per heavy atom. The Morgan fingerprint density at radius 2 is 1.12 bits per heavy atom. The maximum absolute atomic E-state index is 14.1. The molecule has 0 saturated carbocycles. The fourth-order valence-corrected chi connectivity index (χ4v) is 9.81. The molecule has 15 heteroatoms. The van der Waals surface area contributed by atoms with E-state index in [2.05, 4.69) is 59.7 Å². The molecule has 68 heavy (non-hydrogen) atoms. The molecule has 0 aliphatic carbocycles. The third-order valence-corrected chi connectivity index (χ3v) is 12.9. The Morgan fingerprint density at radius 3 is 1.60 bits per heavy atom. The van der Waals surface area contributed by atoms with Crippen LogP contribution in [0.4, 0.5) is 28.4 Å². The first-order valence-corrected chi connectivity index (χ1v) is 23.7. The first-order chi connectivity index (χ1) is 33.0. The molecule has 0 fully saturated rings. The molecular weight excluding hydrogens is 883 g/mol. The maximum atomic E-state index is 14.1. The van der Waals surface area contributed by atoms with Gasteiger partial charge in [0.25, 0.3) is 11.8 Å². The van der Waals surface area contributed by atoms with Crippen LogP contribution in [0.1, 0.15) is 56.8 Å². The van der Waals surface area contributed by atoms with E-state index in [-0.39, 0.29) is 41.9 Å². The summed E-state index contributed by atoms with van der Waals surface area (Å²) in [5, 5.41) is 7.08. The Kier molecular flexibility index (Phi) is 14.2. The average molecular weight is 944 g/mol. The van der Waals surface area contributed by atoms with Crippen molar-refractivity contribution in [2.24, 2.45) is 0 Å². The van der Waals surface area contributed by atoms with E-state index in [9.17, 15) is 9.59 Å². The van der Waals surface area contributed by atoms with Gasteiger partial charge in [-0.15, -0.1) is 0 Å². The number of hydrogen-bond acceptors (Lipinski definition) is 13. The highest BCUT2D eigenvalue weighted by atomic mass is 32.1. The number of rotatable bonds is 20. The lowest BCUT2D eigenvalue weighted by Crippen LogP contribution is -2.39. The van der Waals surface area contributed by atoms with Crippen LogP contribution >= 0.6 is 12.6 Å². The molecule has 0 radical (unpaired) electrons. The minimum atomic E-state index is -0.347. The van der Waals surface area contributed by atoms with E-state index < -0.39 is 0 Å². The van der Waals surface area contributed by atoms with Gasteiger partial charge in [0.2, 0.25) is 0 Å². The number of nitrogens with zero attached hydrogens (tertiary/aromatic N) is 3. The zero-order chi connectivity index (χ0) is 47.4. The van der Waals surface area contributed by atoms with Crippen LogP contribution in [-0.2, 0) is 40.3 Å². The van der Waals surface area contributed by atoms with Gasteiger partial charge in [0.1, 0.15) is 13.2 Å². The summed E-state index contributed by atoms with van der Waals surface area (Å²) in [5.41, 5.74) is 9.39. The van der Waals surface area contributed by atoms with Crippen molar-refractivity contribution in [3.63, 3.8) is 0 Å². The van der Waals surface area contributed by atoms with Gasteiger partial charge < -0.3 is 58.5 Å². The second-order valence-electron chi connectivity index (χ2n) is 18.2. The van der Waals surface area contributed by atoms with E-state index in [1.807, 2.05) is 58.3 Å². The highest BCUT2D eigenvalue weighted by Crippen LogP contribution is 2.43. The molecule has 5 aromatic carbocycles. The molecule has 5 aromatic rings. The summed E-state index contributed by atoms with van der Waals surface area (Å²) in [5.74, 6) is 1.78. The lowest BCUT2D eigenvalue weighted by molar-refractivity contribution is 0.0264. The molecule has 2 N–H and O–H groups in total. The monoisotopic (exact) mass is 943 g/mol. The number of hydrogen-bond donors (Lipinski definition) is 3. The van der Waals surface area contributed by atoms with Gasteiger partial charge in [-0.1, -0.05) is 36.4 Å². The number of carbonyl (C=O) groups is 2. The first-order valence-electron chi connectivity index (χ1n) is 23.3. The van der Waals surface area contributed by atoms with Crippen molar-refractivity contribution in [2.45, 2.75) is 56.7 Å². The molecule has 4 aliphatic heterocycles. The van der Waals surface area contributed by atoms with Gasteiger partial charge in [0.05, 0.1) is 81.8 Å². The number of methoxy groups -OCH3 is 3. The number of thiol groups is 1. The van der Waals surface area contributed by atoms with E-state index in [1.165, 1.54) is 11.1 Å². The number of ether oxygens (including phenoxy) is 7. The largest absolute Gasteiger partial charge is 0.493 e. The van der Waals surface area contributed by atoms with Crippen LogP contribution in [0.15, 0.2) is 91.0 Å². The summed E-state index contributed by atoms with van der Waals surface area (Å²) >= 11 is 4.95. The normalized spacial score (nSPS) is 16.8. The van der Waals surface area contributed by atoms with Crippen LogP contribution in [0.25, 0.3) is 0 Å². The molecule has 4 heterocycles. The minimum Gasteiger partial charge on any atom is -0.493 e. The maximum Gasteiger partial charge on any atom is 0.260 e. The van der Waals surface area contributed by atoms with Crippen molar-refractivity contribution in [2.75, 3.05) is 106 Å². The molecular formula is C53H61N5O9S. The van der Waals surface area contributed by atoms with Crippen molar-refractivity contribution >= 4 is 52.9 Å². The summed E-state index contributed by atoms with van der Waals surface area (Å²) in [4.78, 5) is 34.4. The molecule has 0 unspecified atom stereocenters. The van der Waals surface area contributed by atoms with Gasteiger partial charge in [-0.3, -0.25) is 9.59 Å². The molecule has 0 saturated heterocycles. The molecule has 4 aliphatic rings. The average Bonchev–Trinajstić information content (AvgIpc) is 3.83. The summed E-state index contributed by atoms with van der Waals surface area (Å²) < 4.78 is 41.4. The highest BCUT2D eigenvalue weighted by molar-refractivity contribution is 7.81. The Bertz CT molecular complexity index is 2480. The molecule has 2 atom stereocenters. The summed E-state index contributed by atoms with van der Waals surface area (Å²) in [6.45, 7) is 9.40. The first kappa shape index (κ1) is 47.0. The lowest BCUT2D eigenvalue weighted by Gasteiger charge is -2.32. The van der Waals surface area contributed by atoms with Crippen molar-refractivity contribution in [1.82, 2.24) is 0 Å². The number of carbonyl (C=O) groups excluding carboxylic acids is 2. The number of amides is 2. The number of para-hydroxylation sites is 2. The van der Waals surface area contributed by atoms with Crippen molar-refractivity contribution in [3.8, 4) is 23.0 Å². The molecule has 0 spiro atoms. The predicted molar refractivity (Wildman–Crippen MR) is 268 cm³/mol. The van der Waals surface area contributed by atoms with E-state index in [0.717, 1.165) is 41.0 Å². The van der Waals surface area contributed by atoms with Crippen molar-refractivity contribution in [3.05, 3.63) is 124 Å². The van der Waals surface area contributed by atoms with Crippen LogP contribution in [0.5, 0.6) is 23.0 Å². The van der Waals surface area contributed by atoms with Gasteiger partial charge in [0, 0.05) is 67.2 Å². The van der Waals surface area contributed by atoms with Gasteiger partial charge >= 0.3 is 0 Å². The number of fused-ring (bicyclic) bond motifs is 8. The zero-order valence-corrected chi connectivity index (χ0v) is 40.4. The molecule has 2 amide bonds. The fourth-order valence-electron chi connectivity index (χ4n) is 9.64. The van der Waals surface area contributed by atoms with E-state index in [4.69, 9.17) is 45.8 Å². The van der Waals surface area contributed by atoms with E-state index >= 15 is 0 Å². The molecule has 0 bridgehead atoms. The van der Waals surface area contributed by atoms with Gasteiger partial charge in [-0.05, 0) is 91.4 Å². The highest BCUT2D eigenvalue weighted by Gasteiger charge is 2.39. The summed E-state index contributed by atoms with van der Waals surface area (Å²) in [6.07, 6.45) is 1.57. The SMILES string of the molecule is COCCOCCOCCN(CC(C)(C)S)c1cc(COc2cc3c(cc2OC)C(=O)N2c4ccccc4C[C@H]2CN3)cc(COc2cc3c(cc2OC)C(=O)N2c4ccccc4C[C@H]2CN3)c1. The second-order valence-corrected chi connectivity index (χ2v) is 19.4. The van der Waals surface area contributed by atoms with Crippen LogP contribution in [0.3, 0.4) is 0 Å². The Labute approximate surface area is 404 Å². The van der Waals surface area contributed by atoms with E-state index in [1.54, 1.807) is 33.5 Å². The van der Waals surface area contributed by atoms with Crippen LogP contribution in [0, 0.1) is 0 Å². The lowest BCUT2D eigenvalue weighted by atomic mass is 10.1. The molecule has 14 nitrogen and oxygen atoms in total. The van der Waals surface area contributed by atoms with Gasteiger partial charge in [-0.2, -0.15) is 12.6 Å². The Balaban J connectivity index is 0.982. The molecule has 0 aromatic heterocycles. The van der Waals surface area contributed by atoms with Gasteiger partial charge in [-0.25, -0.2) is 0 Å². The number of benzene rings is 5. The Hall–Kier alpha value is -6.13.